The standard InChI is InChI=1S/C6H2F6N4O2S/c7-5(8,9)1(17)13-3(18)14-4-16-15-2(19-4)6(10,11)12/h(H2,13,14,16,17,18). The van der Waals surface area contributed by atoms with Gasteiger partial charge >= 0.3 is 24.3 Å². The number of nitrogens with one attached hydrogen (secondary N) is 2. The zero-order valence-corrected chi connectivity index (χ0v) is 9.20. The van der Waals surface area contributed by atoms with Gasteiger partial charge in [-0.2, -0.15) is 26.3 Å². The van der Waals surface area contributed by atoms with E-state index in [1.807, 2.05) is 0 Å². The number of aromatic nitrogens is 2. The number of hydrogen-bond acceptors (Lipinski definition) is 5. The third-order valence-electron chi connectivity index (χ3n) is 1.37. The van der Waals surface area contributed by atoms with Crippen molar-refractivity contribution in [2.75, 3.05) is 5.32 Å². The molecule has 0 bridgehead atoms. The Bertz CT molecular complexity index is 495. The number of alkyl halides is 6. The van der Waals surface area contributed by atoms with Crippen LogP contribution in [0.15, 0.2) is 0 Å². The fourth-order valence-corrected chi connectivity index (χ4v) is 1.30. The Morgan fingerprint density at radius 2 is 1.63 bits per heavy atom. The van der Waals surface area contributed by atoms with Crippen molar-refractivity contribution in [3.8, 4) is 0 Å². The largest absolute Gasteiger partial charge is 0.471 e. The van der Waals surface area contributed by atoms with Crippen LogP contribution in [-0.4, -0.2) is 28.3 Å². The number of carbonyl (C=O) groups excluding carboxylic acids is 2. The highest BCUT2D eigenvalue weighted by Crippen LogP contribution is 2.32. The lowest BCUT2D eigenvalue weighted by atomic mass is 10.6. The third kappa shape index (κ3) is 4.35. The molecule has 1 heterocycles. The lowest BCUT2D eigenvalue weighted by Gasteiger charge is -2.06. The Morgan fingerprint density at radius 1 is 1.05 bits per heavy atom. The van der Waals surface area contributed by atoms with E-state index in [1.54, 1.807) is 0 Å². The second-order valence-corrected chi connectivity index (χ2v) is 3.79. The van der Waals surface area contributed by atoms with Crippen LogP contribution in [0.25, 0.3) is 0 Å². The summed E-state index contributed by atoms with van der Waals surface area (Å²) in [5.41, 5.74) is 0. The van der Waals surface area contributed by atoms with Crippen LogP contribution in [0.1, 0.15) is 5.01 Å². The van der Waals surface area contributed by atoms with Gasteiger partial charge in [0, 0.05) is 0 Å². The molecule has 0 unspecified atom stereocenters. The van der Waals surface area contributed by atoms with Crippen LogP contribution in [0.3, 0.4) is 0 Å². The molecule has 6 nitrogen and oxygen atoms in total. The minimum Gasteiger partial charge on any atom is -0.282 e. The minimum atomic E-state index is -5.30. The molecule has 0 radical (unpaired) electrons. The second-order valence-electron chi connectivity index (χ2n) is 2.82. The van der Waals surface area contributed by atoms with Gasteiger partial charge in [0.15, 0.2) is 0 Å². The van der Waals surface area contributed by atoms with Gasteiger partial charge in [-0.05, 0) is 0 Å². The Hall–Kier alpha value is -1.92. The van der Waals surface area contributed by atoms with Crippen molar-refractivity contribution in [1.29, 1.82) is 0 Å². The Balaban J connectivity index is 2.64. The Morgan fingerprint density at radius 3 is 2.05 bits per heavy atom. The van der Waals surface area contributed by atoms with Crippen LogP contribution in [-0.2, 0) is 11.0 Å². The Kier molecular flexibility index (Phi) is 3.97. The molecule has 0 spiro atoms. The molecule has 106 valence electrons. The average molecular weight is 308 g/mol. The van der Waals surface area contributed by atoms with Crippen molar-refractivity contribution in [1.82, 2.24) is 15.5 Å². The molecule has 0 saturated heterocycles. The molecule has 1 rings (SSSR count). The van der Waals surface area contributed by atoms with Crippen molar-refractivity contribution >= 4 is 28.4 Å². The first kappa shape index (κ1) is 15.1. The predicted molar refractivity (Wildman–Crippen MR) is 48.1 cm³/mol. The zero-order valence-electron chi connectivity index (χ0n) is 8.39. The highest BCUT2D eigenvalue weighted by Gasteiger charge is 2.40. The predicted octanol–water partition coefficient (Wildman–Crippen LogP) is 1.77. The molecule has 3 amide bonds. The van der Waals surface area contributed by atoms with Crippen molar-refractivity contribution in [3.05, 3.63) is 5.01 Å². The minimum absolute atomic E-state index is 0.109. The van der Waals surface area contributed by atoms with E-state index in [-0.39, 0.29) is 11.3 Å². The molecule has 1 aromatic rings. The van der Waals surface area contributed by atoms with E-state index in [2.05, 4.69) is 10.2 Å². The van der Waals surface area contributed by atoms with Crippen LogP contribution < -0.4 is 10.6 Å². The van der Waals surface area contributed by atoms with E-state index in [0.29, 0.717) is 0 Å². The summed E-state index contributed by atoms with van der Waals surface area (Å²) >= 11 is -0.109. The lowest BCUT2D eigenvalue weighted by Crippen LogP contribution is -2.42. The van der Waals surface area contributed by atoms with Gasteiger partial charge in [0.05, 0.1) is 0 Å². The summed E-state index contributed by atoms with van der Waals surface area (Å²) in [5.74, 6) is -2.56. The first-order valence-corrected chi connectivity index (χ1v) is 4.91. The number of anilines is 1. The fraction of sp³-hybridized carbons (Fsp3) is 0.333. The molecular formula is C6H2F6N4O2S. The summed E-state index contributed by atoms with van der Waals surface area (Å²) < 4.78 is 71.5. The van der Waals surface area contributed by atoms with Crippen LogP contribution in [0.2, 0.25) is 0 Å². The van der Waals surface area contributed by atoms with Crippen molar-refractivity contribution < 1.29 is 35.9 Å². The average Bonchev–Trinajstić information content (AvgIpc) is 2.63. The number of carbonyl (C=O) groups is 2. The third-order valence-corrected chi connectivity index (χ3v) is 2.26. The van der Waals surface area contributed by atoms with Gasteiger partial charge in [0.1, 0.15) is 0 Å². The lowest BCUT2D eigenvalue weighted by molar-refractivity contribution is -0.172. The van der Waals surface area contributed by atoms with Crippen LogP contribution in [0, 0.1) is 0 Å². The van der Waals surface area contributed by atoms with Crippen LogP contribution >= 0.6 is 11.3 Å². The molecule has 0 aromatic carbocycles. The molecule has 0 aliphatic heterocycles. The normalized spacial score (nSPS) is 12.1. The smallest absolute Gasteiger partial charge is 0.282 e. The monoisotopic (exact) mass is 308 g/mol. The van der Waals surface area contributed by atoms with E-state index >= 15 is 0 Å². The van der Waals surface area contributed by atoms with Gasteiger partial charge in [-0.1, -0.05) is 11.3 Å². The van der Waals surface area contributed by atoms with Gasteiger partial charge < -0.3 is 0 Å². The van der Waals surface area contributed by atoms with E-state index in [0.717, 1.165) is 5.32 Å². The molecule has 0 aliphatic carbocycles. The molecular weight excluding hydrogens is 306 g/mol. The van der Waals surface area contributed by atoms with Crippen LogP contribution in [0.4, 0.5) is 36.3 Å². The van der Waals surface area contributed by atoms with Crippen molar-refractivity contribution in [3.63, 3.8) is 0 Å². The van der Waals surface area contributed by atoms with Gasteiger partial charge in [-0.15, -0.1) is 10.2 Å². The summed E-state index contributed by atoms with van der Waals surface area (Å²) in [6, 6.07) is -1.67. The quantitative estimate of drug-likeness (QED) is 0.774. The summed E-state index contributed by atoms with van der Waals surface area (Å²) in [6.07, 6.45) is -10.1. The maximum Gasteiger partial charge on any atom is 0.471 e. The fourth-order valence-electron chi connectivity index (χ4n) is 0.691. The number of rotatable bonds is 1. The summed E-state index contributed by atoms with van der Waals surface area (Å²) in [4.78, 5) is 21.2. The van der Waals surface area contributed by atoms with E-state index in [4.69, 9.17) is 0 Å². The first-order chi connectivity index (χ1) is 8.50. The van der Waals surface area contributed by atoms with Gasteiger partial charge in [0.25, 0.3) is 0 Å². The number of nitrogens with zero attached hydrogens (tertiary/aromatic N) is 2. The molecule has 0 fully saturated rings. The summed E-state index contributed by atoms with van der Waals surface area (Å²) in [7, 11) is 0. The molecule has 0 saturated carbocycles. The van der Waals surface area contributed by atoms with Gasteiger partial charge in [0.2, 0.25) is 10.1 Å². The van der Waals surface area contributed by atoms with E-state index < -0.39 is 34.4 Å². The molecule has 0 aliphatic rings. The number of amides is 3. The topological polar surface area (TPSA) is 84.0 Å². The molecule has 19 heavy (non-hydrogen) atoms. The second kappa shape index (κ2) is 4.99. The highest BCUT2D eigenvalue weighted by molar-refractivity contribution is 7.15. The van der Waals surface area contributed by atoms with Crippen LogP contribution in [0.5, 0.6) is 0 Å². The molecule has 0 atom stereocenters. The maximum absolute atomic E-state index is 12.1. The Labute approximate surface area is 103 Å². The number of urea groups is 1. The van der Waals surface area contributed by atoms with Gasteiger partial charge in [-0.3, -0.25) is 15.4 Å². The molecule has 13 heteroatoms. The van der Waals surface area contributed by atoms with Gasteiger partial charge in [-0.25, -0.2) is 4.79 Å². The van der Waals surface area contributed by atoms with Crippen molar-refractivity contribution in [2.24, 2.45) is 0 Å². The molecule has 1 aromatic heterocycles. The number of hydrogen-bond donors (Lipinski definition) is 2. The maximum atomic E-state index is 12.1. The zero-order chi connectivity index (χ0) is 14.8. The van der Waals surface area contributed by atoms with Crippen molar-refractivity contribution in [2.45, 2.75) is 12.4 Å². The van der Waals surface area contributed by atoms with E-state index in [1.165, 1.54) is 5.32 Å². The van der Waals surface area contributed by atoms with E-state index in [9.17, 15) is 35.9 Å². The highest BCUT2D eigenvalue weighted by atomic mass is 32.1. The summed E-state index contributed by atoms with van der Waals surface area (Å²) in [6.45, 7) is 0. The number of halogens is 6. The number of imide groups is 1. The molecule has 2 N–H and O–H groups in total. The summed E-state index contributed by atoms with van der Waals surface area (Å²) in [5, 5.41) is 5.80. The first-order valence-electron chi connectivity index (χ1n) is 4.10. The SMILES string of the molecule is O=C(NC(=O)C(F)(F)F)Nc1nnc(C(F)(F)F)s1.